The molecule has 0 aliphatic heterocycles. The van der Waals surface area contributed by atoms with Crippen molar-refractivity contribution in [1.29, 1.82) is 0 Å². The van der Waals surface area contributed by atoms with Crippen LogP contribution in [0.1, 0.15) is 33.6 Å². The van der Waals surface area contributed by atoms with Crippen LogP contribution in [0.25, 0.3) is 0 Å². The highest BCUT2D eigenvalue weighted by molar-refractivity contribution is 5.88. The third-order valence-corrected chi connectivity index (χ3v) is 1.51. The summed E-state index contributed by atoms with van der Waals surface area (Å²) < 4.78 is 4.93. The lowest BCUT2D eigenvalue weighted by Crippen LogP contribution is -2.12. The van der Waals surface area contributed by atoms with Gasteiger partial charge in [-0.1, -0.05) is 13.8 Å². The average Bonchev–Trinajstić information content (AvgIpc) is 2.01. The molecule has 0 atom stereocenters. The number of carbonyl (C=O) groups is 1. The van der Waals surface area contributed by atoms with E-state index in [9.17, 15) is 4.79 Å². The molecule has 70 valence electrons. The molecule has 0 saturated carbocycles. The molecule has 3 nitrogen and oxygen atoms in total. The van der Waals surface area contributed by atoms with Crippen molar-refractivity contribution < 1.29 is 9.53 Å². The Morgan fingerprint density at radius 1 is 1.42 bits per heavy atom. The van der Waals surface area contributed by atoms with Crippen LogP contribution in [0.15, 0.2) is 11.3 Å². The van der Waals surface area contributed by atoms with Crippen LogP contribution < -0.4 is 5.73 Å². The largest absolute Gasteiger partial charge is 0.462 e. The number of rotatable bonds is 4. The summed E-state index contributed by atoms with van der Waals surface area (Å²) >= 11 is 0. The molecule has 0 fully saturated rings. The Bertz CT molecular complexity index is 181. The molecule has 0 bridgehead atoms. The van der Waals surface area contributed by atoms with Gasteiger partial charge in [0.05, 0.1) is 12.2 Å². The SMILES string of the molecule is CCCOC(=O)/C(CC)=C(/C)N. The standard InChI is InChI=1S/C9H17NO2/c1-4-6-12-9(11)8(5-2)7(3)10/h4-6,10H2,1-3H3/b8-7-. The molecule has 0 saturated heterocycles. The smallest absolute Gasteiger partial charge is 0.335 e. The zero-order valence-corrected chi connectivity index (χ0v) is 8.02. The summed E-state index contributed by atoms with van der Waals surface area (Å²) in [6, 6.07) is 0. The fraction of sp³-hybridized carbons (Fsp3) is 0.667. The van der Waals surface area contributed by atoms with Gasteiger partial charge in [-0.15, -0.1) is 0 Å². The summed E-state index contributed by atoms with van der Waals surface area (Å²) in [5.74, 6) is -0.278. The number of nitrogens with two attached hydrogens (primary N) is 1. The lowest BCUT2D eigenvalue weighted by Gasteiger charge is -2.06. The third-order valence-electron chi connectivity index (χ3n) is 1.51. The van der Waals surface area contributed by atoms with E-state index in [1.54, 1.807) is 6.92 Å². The molecule has 0 aliphatic rings. The van der Waals surface area contributed by atoms with Crippen molar-refractivity contribution in [3.63, 3.8) is 0 Å². The molecule has 0 spiro atoms. The minimum Gasteiger partial charge on any atom is -0.462 e. The lowest BCUT2D eigenvalue weighted by molar-refractivity contribution is -0.139. The molecule has 0 heterocycles. The first-order chi connectivity index (χ1) is 5.63. The van der Waals surface area contributed by atoms with E-state index in [0.29, 0.717) is 24.3 Å². The van der Waals surface area contributed by atoms with E-state index in [0.717, 1.165) is 6.42 Å². The summed E-state index contributed by atoms with van der Waals surface area (Å²) in [6.07, 6.45) is 1.47. The molecular weight excluding hydrogens is 154 g/mol. The summed E-state index contributed by atoms with van der Waals surface area (Å²) in [5, 5.41) is 0. The number of hydrogen-bond donors (Lipinski definition) is 1. The van der Waals surface area contributed by atoms with Crippen LogP contribution in [0.3, 0.4) is 0 Å². The Hall–Kier alpha value is -0.990. The predicted octanol–water partition coefficient (Wildman–Crippen LogP) is 1.58. The number of carbonyl (C=O) groups excluding carboxylic acids is 1. The third kappa shape index (κ3) is 3.42. The second-order valence-corrected chi connectivity index (χ2v) is 2.65. The summed E-state index contributed by atoms with van der Waals surface area (Å²) in [5.41, 5.74) is 6.64. The Labute approximate surface area is 73.6 Å². The molecule has 0 radical (unpaired) electrons. The molecule has 0 amide bonds. The first-order valence-corrected chi connectivity index (χ1v) is 4.25. The van der Waals surface area contributed by atoms with Gasteiger partial charge in [-0.3, -0.25) is 0 Å². The van der Waals surface area contributed by atoms with Crippen LogP contribution in [-0.2, 0) is 9.53 Å². The minimum absolute atomic E-state index is 0.278. The summed E-state index contributed by atoms with van der Waals surface area (Å²) in [4.78, 5) is 11.2. The molecule has 2 N–H and O–H groups in total. The quantitative estimate of drug-likeness (QED) is 0.516. The molecule has 0 aromatic rings. The van der Waals surface area contributed by atoms with E-state index < -0.39 is 0 Å². The van der Waals surface area contributed by atoms with Gasteiger partial charge in [0.1, 0.15) is 0 Å². The molecule has 0 aliphatic carbocycles. The van der Waals surface area contributed by atoms with Gasteiger partial charge in [-0.25, -0.2) is 4.79 Å². The fourth-order valence-electron chi connectivity index (χ4n) is 0.866. The van der Waals surface area contributed by atoms with Gasteiger partial charge in [0.2, 0.25) is 0 Å². The van der Waals surface area contributed by atoms with Gasteiger partial charge >= 0.3 is 5.97 Å². The molecule has 3 heteroatoms. The van der Waals surface area contributed by atoms with Gasteiger partial charge in [0.25, 0.3) is 0 Å². The van der Waals surface area contributed by atoms with Crippen LogP contribution >= 0.6 is 0 Å². The van der Waals surface area contributed by atoms with E-state index in [1.807, 2.05) is 13.8 Å². The van der Waals surface area contributed by atoms with Gasteiger partial charge in [-0.2, -0.15) is 0 Å². The average molecular weight is 171 g/mol. The second-order valence-electron chi connectivity index (χ2n) is 2.65. The normalized spacial score (nSPS) is 12.2. The molecule has 0 unspecified atom stereocenters. The Kier molecular flexibility index (Phi) is 5.17. The van der Waals surface area contributed by atoms with Gasteiger partial charge < -0.3 is 10.5 Å². The maximum Gasteiger partial charge on any atom is 0.335 e. The van der Waals surface area contributed by atoms with Crippen LogP contribution in [-0.4, -0.2) is 12.6 Å². The van der Waals surface area contributed by atoms with Gasteiger partial charge in [-0.05, 0) is 19.8 Å². The summed E-state index contributed by atoms with van der Waals surface area (Å²) in [6.45, 7) is 6.03. The van der Waals surface area contributed by atoms with Gasteiger partial charge in [0.15, 0.2) is 0 Å². The number of allylic oxidation sites excluding steroid dienone is 1. The van der Waals surface area contributed by atoms with E-state index in [1.165, 1.54) is 0 Å². The van der Waals surface area contributed by atoms with Crippen molar-refractivity contribution in [2.75, 3.05) is 6.61 Å². The van der Waals surface area contributed by atoms with Crippen molar-refractivity contribution in [2.24, 2.45) is 5.73 Å². The maximum absolute atomic E-state index is 11.2. The van der Waals surface area contributed by atoms with Crippen molar-refractivity contribution in [2.45, 2.75) is 33.6 Å². The summed E-state index contributed by atoms with van der Waals surface area (Å²) in [7, 11) is 0. The maximum atomic E-state index is 11.2. The monoisotopic (exact) mass is 171 g/mol. The minimum atomic E-state index is -0.278. The Balaban J connectivity index is 4.15. The van der Waals surface area contributed by atoms with Gasteiger partial charge in [0, 0.05) is 5.70 Å². The van der Waals surface area contributed by atoms with E-state index in [4.69, 9.17) is 10.5 Å². The topological polar surface area (TPSA) is 52.3 Å². The van der Waals surface area contributed by atoms with Crippen LogP contribution in [0.5, 0.6) is 0 Å². The van der Waals surface area contributed by atoms with Crippen LogP contribution in [0.4, 0.5) is 0 Å². The zero-order valence-electron chi connectivity index (χ0n) is 8.02. The number of hydrogen-bond acceptors (Lipinski definition) is 3. The van der Waals surface area contributed by atoms with Crippen LogP contribution in [0, 0.1) is 0 Å². The zero-order chi connectivity index (χ0) is 9.56. The molecule has 12 heavy (non-hydrogen) atoms. The predicted molar refractivity (Wildman–Crippen MR) is 48.4 cm³/mol. The fourth-order valence-corrected chi connectivity index (χ4v) is 0.866. The Morgan fingerprint density at radius 2 is 2.00 bits per heavy atom. The molecule has 0 rings (SSSR count). The first-order valence-electron chi connectivity index (χ1n) is 4.25. The van der Waals surface area contributed by atoms with Crippen LogP contribution in [0.2, 0.25) is 0 Å². The van der Waals surface area contributed by atoms with E-state index in [2.05, 4.69) is 0 Å². The lowest BCUT2D eigenvalue weighted by atomic mass is 10.2. The van der Waals surface area contributed by atoms with E-state index in [-0.39, 0.29) is 5.97 Å². The highest BCUT2D eigenvalue weighted by Gasteiger charge is 2.09. The molecule has 0 aromatic heterocycles. The molecule has 0 aromatic carbocycles. The second kappa shape index (κ2) is 5.63. The highest BCUT2D eigenvalue weighted by Crippen LogP contribution is 2.06. The van der Waals surface area contributed by atoms with E-state index >= 15 is 0 Å². The van der Waals surface area contributed by atoms with Crippen molar-refractivity contribution in [1.82, 2.24) is 0 Å². The number of ether oxygens (including phenoxy) is 1. The van der Waals surface area contributed by atoms with Crippen molar-refractivity contribution in [3.8, 4) is 0 Å². The van der Waals surface area contributed by atoms with Crippen molar-refractivity contribution >= 4 is 5.97 Å². The van der Waals surface area contributed by atoms with Crippen molar-refractivity contribution in [3.05, 3.63) is 11.3 Å². The Morgan fingerprint density at radius 3 is 2.33 bits per heavy atom. The molecular formula is C9H17NO2. The number of esters is 1. The first kappa shape index (κ1) is 11.0. The highest BCUT2D eigenvalue weighted by atomic mass is 16.5.